The van der Waals surface area contributed by atoms with E-state index in [1.165, 1.54) is 6.92 Å². The first-order valence-corrected chi connectivity index (χ1v) is 14.7. The maximum Gasteiger partial charge on any atom is 0.334 e. The van der Waals surface area contributed by atoms with Gasteiger partial charge in [-0.25, -0.2) is 14.3 Å². The number of methoxy groups -OCH3 is 1. The van der Waals surface area contributed by atoms with Crippen LogP contribution in [0.25, 0.3) is 0 Å². The van der Waals surface area contributed by atoms with Crippen molar-refractivity contribution in [2.45, 2.75) is 81.1 Å². The topological polar surface area (TPSA) is 314 Å². The molecule has 0 aromatic carbocycles. The van der Waals surface area contributed by atoms with E-state index in [-0.39, 0.29) is 0 Å². The van der Waals surface area contributed by atoms with Crippen LogP contribution in [0.15, 0.2) is 21.9 Å². The fourth-order valence-electron chi connectivity index (χ4n) is 4.79. The van der Waals surface area contributed by atoms with Gasteiger partial charge in [-0.1, -0.05) is 0 Å². The van der Waals surface area contributed by atoms with Crippen LogP contribution in [0.1, 0.15) is 26.5 Å². The maximum absolute atomic E-state index is 12.8. The molecule has 2 aliphatic rings. The standard InChI is InChI=1S/C23H35N5O16S/c1-9(21(36)41-3)42-19-17(34)12(8-29)43-13(23(19,38)26-10(2)30)6-15(32)27-45(39,40)24-7-11-16(33)18(35)20(44-11)28-5-4-14(31)25-22(28)37/h4-5,9,11-13,16-20,24,29,33-35,38H,6-8H2,1-3H3,(H,26,30)(H,27,32)(H,25,31,37)/t9-,11-,12-,13-,16-,17-,18-,19+,20-,23+/m1/s1. The number of hydrogen-bond donors (Lipinski definition) is 9. The van der Waals surface area contributed by atoms with E-state index in [1.54, 1.807) is 4.72 Å². The molecule has 0 saturated carbocycles. The quantitative estimate of drug-likeness (QED) is 0.0738. The van der Waals surface area contributed by atoms with Crippen LogP contribution in [0, 0.1) is 0 Å². The van der Waals surface area contributed by atoms with Crippen LogP contribution >= 0.6 is 0 Å². The lowest BCUT2D eigenvalue weighted by Gasteiger charge is -2.50. The number of nitrogens with one attached hydrogen (secondary N) is 4. The number of carbonyl (C=O) groups is 3. The van der Waals surface area contributed by atoms with Crippen LogP contribution in [-0.2, 0) is 43.5 Å². The molecule has 2 saturated heterocycles. The van der Waals surface area contributed by atoms with Crippen LogP contribution in [-0.4, -0.2) is 136 Å². The number of ether oxygens (including phenoxy) is 4. The highest BCUT2D eigenvalue weighted by molar-refractivity contribution is 7.88. The van der Waals surface area contributed by atoms with Gasteiger partial charge in [0.25, 0.3) is 5.56 Å². The number of aromatic nitrogens is 2. The molecule has 2 aliphatic heterocycles. The molecular formula is C23H35N5O16S. The van der Waals surface area contributed by atoms with Gasteiger partial charge < -0.3 is 49.8 Å². The number of carbonyl (C=O) groups excluding carboxylic acids is 3. The molecule has 10 atom stereocenters. The van der Waals surface area contributed by atoms with E-state index < -0.39 is 120 Å². The predicted octanol–water partition coefficient (Wildman–Crippen LogP) is -6.61. The highest BCUT2D eigenvalue weighted by atomic mass is 32.2. The molecule has 0 bridgehead atoms. The number of amides is 2. The van der Waals surface area contributed by atoms with Crippen molar-refractivity contribution in [3.05, 3.63) is 33.1 Å². The lowest BCUT2D eigenvalue weighted by atomic mass is 9.86. The number of aromatic amines is 1. The summed E-state index contributed by atoms with van der Waals surface area (Å²) >= 11 is 0. The van der Waals surface area contributed by atoms with Gasteiger partial charge in [-0.2, -0.15) is 13.1 Å². The van der Waals surface area contributed by atoms with Crippen LogP contribution in [0.5, 0.6) is 0 Å². The molecule has 1 aromatic heterocycles. The molecule has 2 fully saturated rings. The number of hydrogen-bond acceptors (Lipinski definition) is 16. The van der Waals surface area contributed by atoms with Crippen molar-refractivity contribution in [3.63, 3.8) is 0 Å². The third-order valence-corrected chi connectivity index (χ3v) is 7.99. The Balaban J connectivity index is 1.72. The van der Waals surface area contributed by atoms with Crippen molar-refractivity contribution in [3.8, 4) is 0 Å². The van der Waals surface area contributed by atoms with E-state index in [1.807, 2.05) is 9.71 Å². The molecular weight excluding hydrogens is 634 g/mol. The van der Waals surface area contributed by atoms with E-state index in [0.717, 1.165) is 30.9 Å². The Hall–Kier alpha value is -3.32. The van der Waals surface area contributed by atoms with Crippen molar-refractivity contribution < 1.29 is 67.3 Å². The first kappa shape index (κ1) is 36.2. The molecule has 45 heavy (non-hydrogen) atoms. The second kappa shape index (κ2) is 14.4. The van der Waals surface area contributed by atoms with Crippen molar-refractivity contribution in [2.75, 3.05) is 20.3 Å². The van der Waals surface area contributed by atoms with E-state index in [9.17, 15) is 57.9 Å². The third-order valence-electron chi connectivity index (χ3n) is 6.95. The normalized spacial score (nSPS) is 32.4. The predicted molar refractivity (Wildman–Crippen MR) is 144 cm³/mol. The Bertz CT molecular complexity index is 1470. The average Bonchev–Trinajstić information content (AvgIpc) is 3.23. The van der Waals surface area contributed by atoms with Gasteiger partial charge in [-0.3, -0.25) is 23.9 Å². The van der Waals surface area contributed by atoms with Gasteiger partial charge in [-0.05, 0) is 6.92 Å². The fraction of sp³-hybridized carbons (Fsp3) is 0.696. The Kier molecular flexibility index (Phi) is 11.6. The first-order chi connectivity index (χ1) is 20.9. The largest absolute Gasteiger partial charge is 0.467 e. The van der Waals surface area contributed by atoms with Crippen molar-refractivity contribution >= 4 is 28.0 Å². The summed E-state index contributed by atoms with van der Waals surface area (Å²) in [5.74, 6) is -3.18. The zero-order valence-electron chi connectivity index (χ0n) is 24.1. The SMILES string of the molecule is COC(=O)[C@@H](C)O[C@H]1[C@H](O)[C@@H](CO)O[C@H](CC(=O)NS(=O)(=O)NC[C@H]2O[C@@H](n3ccc(=O)[nH]c3=O)[C@H](O)[C@@H]2O)[C@@]1(O)NC(C)=O. The van der Waals surface area contributed by atoms with Crippen LogP contribution in [0.2, 0.25) is 0 Å². The number of aliphatic hydroxyl groups excluding tert-OH is 4. The Labute approximate surface area is 254 Å². The van der Waals surface area contributed by atoms with E-state index in [4.69, 9.17) is 14.2 Å². The monoisotopic (exact) mass is 669 g/mol. The number of aliphatic hydroxyl groups is 5. The summed E-state index contributed by atoms with van der Waals surface area (Å²) in [6.07, 6.45) is -15.0. The maximum atomic E-state index is 12.8. The molecule has 1 aromatic rings. The Morgan fingerprint density at radius 1 is 1.13 bits per heavy atom. The van der Waals surface area contributed by atoms with E-state index >= 15 is 0 Å². The van der Waals surface area contributed by atoms with Crippen LogP contribution < -0.4 is 26.0 Å². The summed E-state index contributed by atoms with van der Waals surface area (Å²) in [5, 5.41) is 54.5. The van der Waals surface area contributed by atoms with Crippen molar-refractivity contribution in [2.24, 2.45) is 0 Å². The molecule has 3 rings (SSSR count). The minimum absolute atomic E-state index is 0.731. The zero-order valence-corrected chi connectivity index (χ0v) is 24.9. The van der Waals surface area contributed by atoms with Gasteiger partial charge in [0, 0.05) is 25.7 Å². The second-order valence-electron chi connectivity index (χ2n) is 10.2. The molecule has 9 N–H and O–H groups in total. The highest BCUT2D eigenvalue weighted by Crippen LogP contribution is 2.33. The summed E-state index contributed by atoms with van der Waals surface area (Å²) in [5.41, 5.74) is -4.46. The van der Waals surface area contributed by atoms with Gasteiger partial charge in [-0.15, -0.1) is 0 Å². The molecule has 0 radical (unpaired) electrons. The van der Waals surface area contributed by atoms with Gasteiger partial charge in [0.15, 0.2) is 18.1 Å². The minimum Gasteiger partial charge on any atom is -0.467 e. The van der Waals surface area contributed by atoms with Crippen molar-refractivity contribution in [1.82, 2.24) is 24.3 Å². The Morgan fingerprint density at radius 2 is 1.80 bits per heavy atom. The molecule has 3 heterocycles. The van der Waals surface area contributed by atoms with Gasteiger partial charge in [0.05, 0.1) is 20.1 Å². The molecule has 0 aliphatic carbocycles. The average molecular weight is 670 g/mol. The van der Waals surface area contributed by atoms with E-state index in [2.05, 4.69) is 10.1 Å². The summed E-state index contributed by atoms with van der Waals surface area (Å²) in [4.78, 5) is 62.0. The molecule has 2 amide bonds. The molecule has 0 spiro atoms. The Morgan fingerprint density at radius 3 is 2.38 bits per heavy atom. The number of H-pyrrole nitrogens is 1. The summed E-state index contributed by atoms with van der Waals surface area (Å²) < 4.78 is 50.4. The number of esters is 1. The van der Waals surface area contributed by atoms with Crippen LogP contribution in [0.4, 0.5) is 0 Å². The second-order valence-corrected chi connectivity index (χ2v) is 11.7. The van der Waals surface area contributed by atoms with Gasteiger partial charge in [0.1, 0.15) is 42.7 Å². The lowest BCUT2D eigenvalue weighted by Crippen LogP contribution is -2.74. The smallest absolute Gasteiger partial charge is 0.334 e. The molecule has 0 unspecified atom stereocenters. The molecule has 21 nitrogen and oxygen atoms in total. The van der Waals surface area contributed by atoms with E-state index in [0.29, 0.717) is 0 Å². The first-order valence-electron chi connectivity index (χ1n) is 13.3. The third kappa shape index (κ3) is 8.29. The summed E-state index contributed by atoms with van der Waals surface area (Å²) in [7, 11) is -3.71. The number of nitrogens with zero attached hydrogens (tertiary/aromatic N) is 1. The summed E-state index contributed by atoms with van der Waals surface area (Å²) in [6.45, 7) is 0.541. The zero-order chi connectivity index (χ0) is 33.9. The van der Waals surface area contributed by atoms with Crippen LogP contribution in [0.3, 0.4) is 0 Å². The number of rotatable bonds is 12. The highest BCUT2D eigenvalue weighted by Gasteiger charge is 2.58. The van der Waals surface area contributed by atoms with Gasteiger partial charge >= 0.3 is 21.9 Å². The molecule has 22 heteroatoms. The minimum atomic E-state index is -4.75. The summed E-state index contributed by atoms with van der Waals surface area (Å²) in [6, 6.07) is 0.954. The fourth-order valence-corrected chi connectivity index (χ4v) is 5.63. The van der Waals surface area contributed by atoms with Crippen molar-refractivity contribution in [1.29, 1.82) is 0 Å². The molecule has 254 valence electrons. The van der Waals surface area contributed by atoms with Gasteiger partial charge in [0.2, 0.25) is 11.8 Å². The lowest BCUT2D eigenvalue weighted by molar-refractivity contribution is -0.298.